The number of carbonyl (C=O) groups is 4. The van der Waals surface area contributed by atoms with Gasteiger partial charge in [0.15, 0.2) is 0 Å². The zero-order valence-electron chi connectivity index (χ0n) is 17.9. The molecule has 10 nitrogen and oxygen atoms in total. The number of ether oxygens (including phenoxy) is 1. The summed E-state index contributed by atoms with van der Waals surface area (Å²) >= 11 is 0. The molecule has 1 atom stereocenters. The van der Waals surface area contributed by atoms with Crippen molar-refractivity contribution in [1.82, 2.24) is 20.9 Å². The number of hydrogen-bond donors (Lipinski definition) is 4. The first-order valence-corrected chi connectivity index (χ1v) is 10.6. The molecule has 0 aliphatic carbocycles. The van der Waals surface area contributed by atoms with Crippen LogP contribution in [0.4, 0.5) is 9.59 Å². The van der Waals surface area contributed by atoms with Crippen LogP contribution in [0.1, 0.15) is 30.9 Å². The first-order chi connectivity index (χ1) is 15.8. The van der Waals surface area contributed by atoms with Gasteiger partial charge >= 0.3 is 12.1 Å². The van der Waals surface area contributed by atoms with Crippen LogP contribution in [0, 0.1) is 0 Å². The van der Waals surface area contributed by atoms with Crippen molar-refractivity contribution in [2.45, 2.75) is 30.8 Å². The second-order valence-electron chi connectivity index (χ2n) is 8.12. The van der Waals surface area contributed by atoms with Crippen molar-refractivity contribution in [2.75, 3.05) is 13.1 Å². The van der Waals surface area contributed by atoms with Gasteiger partial charge in [-0.1, -0.05) is 30.3 Å². The highest BCUT2D eigenvalue weighted by Gasteiger charge is 2.48. The summed E-state index contributed by atoms with van der Waals surface area (Å²) in [7, 11) is 0. The van der Waals surface area contributed by atoms with Crippen LogP contribution in [-0.2, 0) is 9.59 Å². The van der Waals surface area contributed by atoms with Crippen LogP contribution in [0.5, 0.6) is 11.5 Å². The number of benzene rings is 2. The average Bonchev–Trinajstić information content (AvgIpc) is 3.06. The number of nitrogens with one attached hydrogen (secondary N) is 3. The molecule has 1 spiro atoms. The topological polar surface area (TPSA) is 143 Å². The Hall–Kier alpha value is -4.08. The Morgan fingerprint density at radius 3 is 2.39 bits per heavy atom. The minimum atomic E-state index is -0.957. The van der Waals surface area contributed by atoms with E-state index >= 15 is 0 Å². The lowest BCUT2D eigenvalue weighted by atomic mass is 9.87. The molecule has 6 amide bonds. The van der Waals surface area contributed by atoms with E-state index in [1.165, 1.54) is 0 Å². The summed E-state index contributed by atoms with van der Waals surface area (Å²) in [6, 6.07) is 14.4. The minimum absolute atomic E-state index is 0.0106. The number of carbonyl (C=O) groups excluding carboxylic acids is 4. The van der Waals surface area contributed by atoms with E-state index in [2.05, 4.69) is 16.0 Å². The monoisotopic (exact) mass is 451 g/mol. The molecule has 2 aliphatic rings. The molecule has 2 fully saturated rings. The number of urea groups is 2. The van der Waals surface area contributed by atoms with Gasteiger partial charge in [-0.25, -0.2) is 9.59 Å². The van der Waals surface area contributed by atoms with Crippen LogP contribution in [0.2, 0.25) is 0 Å². The summed E-state index contributed by atoms with van der Waals surface area (Å²) in [6.07, 6.45) is 0.637. The van der Waals surface area contributed by atoms with E-state index in [4.69, 9.17) is 10.5 Å². The van der Waals surface area contributed by atoms with Gasteiger partial charge in [-0.05, 0) is 42.7 Å². The summed E-state index contributed by atoms with van der Waals surface area (Å²) in [5.74, 6) is 0.673. The molecular weight excluding hydrogens is 426 g/mol. The van der Waals surface area contributed by atoms with E-state index in [-0.39, 0.29) is 18.2 Å². The number of hydrogen-bond acceptors (Lipinski definition) is 5. The van der Waals surface area contributed by atoms with Crippen molar-refractivity contribution >= 4 is 23.9 Å². The van der Waals surface area contributed by atoms with Crippen molar-refractivity contribution in [3.05, 3.63) is 60.2 Å². The predicted octanol–water partition coefficient (Wildman–Crippen LogP) is 1.78. The fourth-order valence-corrected chi connectivity index (χ4v) is 4.17. The summed E-state index contributed by atoms with van der Waals surface area (Å²) in [4.78, 5) is 49.9. The molecule has 2 aliphatic heterocycles. The van der Waals surface area contributed by atoms with Gasteiger partial charge in [0.2, 0.25) is 5.91 Å². The van der Waals surface area contributed by atoms with Gasteiger partial charge in [0, 0.05) is 13.1 Å². The lowest BCUT2D eigenvalue weighted by Crippen LogP contribution is -2.56. The molecule has 0 radical (unpaired) electrons. The molecular formula is C23H25N5O5. The van der Waals surface area contributed by atoms with Gasteiger partial charge in [0.25, 0.3) is 5.91 Å². The predicted molar refractivity (Wildman–Crippen MR) is 118 cm³/mol. The Kier molecular flexibility index (Phi) is 6.16. The third-order valence-corrected chi connectivity index (χ3v) is 5.92. The number of nitrogens with zero attached hydrogens (tertiary/aromatic N) is 1. The molecule has 33 heavy (non-hydrogen) atoms. The van der Waals surface area contributed by atoms with Gasteiger partial charge < -0.3 is 26.0 Å². The molecule has 2 aromatic rings. The normalized spacial score (nSPS) is 17.8. The zero-order chi connectivity index (χ0) is 23.4. The molecule has 2 heterocycles. The highest BCUT2D eigenvalue weighted by atomic mass is 16.5. The fourth-order valence-electron chi connectivity index (χ4n) is 4.17. The molecule has 2 saturated heterocycles. The van der Waals surface area contributed by atoms with Gasteiger partial charge in [0.05, 0.1) is 12.5 Å². The van der Waals surface area contributed by atoms with E-state index in [1.807, 2.05) is 30.3 Å². The molecule has 2 aromatic carbocycles. The number of piperidine rings is 1. The standard InChI is InChI=1S/C23H25N5O5/c24-21(31)25-18(15-5-4-8-17(13-15)33-16-6-2-1-3-7-16)14-19(29)28-11-9-23(10-12-28)20(30)26-22(32)27-23/h1-8,13,18H,9-12,14H2,(H3,24,25,31)(H2,26,27,30,32)/t18-/m1/s1. The van der Waals surface area contributed by atoms with Crippen LogP contribution < -0.4 is 26.4 Å². The van der Waals surface area contributed by atoms with Crippen molar-refractivity contribution in [3.8, 4) is 11.5 Å². The number of imide groups is 1. The molecule has 0 bridgehead atoms. The number of rotatable bonds is 6. The van der Waals surface area contributed by atoms with Crippen LogP contribution in [0.25, 0.3) is 0 Å². The molecule has 4 rings (SSSR count). The van der Waals surface area contributed by atoms with Crippen LogP contribution in [0.15, 0.2) is 54.6 Å². The Morgan fingerprint density at radius 1 is 1.06 bits per heavy atom. The van der Waals surface area contributed by atoms with Gasteiger partial charge in [-0.15, -0.1) is 0 Å². The number of likely N-dealkylation sites (tertiary alicyclic amines) is 1. The molecule has 5 N–H and O–H groups in total. The van der Waals surface area contributed by atoms with E-state index in [0.29, 0.717) is 43.0 Å². The fraction of sp³-hybridized carbons (Fsp3) is 0.304. The van der Waals surface area contributed by atoms with Crippen LogP contribution in [-0.4, -0.2) is 47.4 Å². The second-order valence-corrected chi connectivity index (χ2v) is 8.12. The largest absolute Gasteiger partial charge is 0.457 e. The van der Waals surface area contributed by atoms with Gasteiger partial charge in [-0.2, -0.15) is 0 Å². The Morgan fingerprint density at radius 2 is 1.76 bits per heavy atom. The molecule has 172 valence electrons. The third-order valence-electron chi connectivity index (χ3n) is 5.92. The maximum atomic E-state index is 13.0. The van der Waals surface area contributed by atoms with Crippen molar-refractivity contribution in [1.29, 1.82) is 0 Å². The smallest absolute Gasteiger partial charge is 0.322 e. The number of para-hydroxylation sites is 1. The second kappa shape index (κ2) is 9.19. The maximum Gasteiger partial charge on any atom is 0.322 e. The SMILES string of the molecule is NC(=O)N[C@H](CC(=O)N1CCC2(CC1)NC(=O)NC2=O)c1cccc(Oc2ccccc2)c1. The third kappa shape index (κ3) is 5.05. The number of amides is 6. The summed E-state index contributed by atoms with van der Waals surface area (Å²) in [5, 5.41) is 7.56. The zero-order valence-corrected chi connectivity index (χ0v) is 17.9. The Balaban J connectivity index is 1.43. The molecule has 10 heteroatoms. The summed E-state index contributed by atoms with van der Waals surface area (Å²) in [6.45, 7) is 0.625. The maximum absolute atomic E-state index is 13.0. The van der Waals surface area contributed by atoms with Crippen molar-refractivity contribution in [2.24, 2.45) is 5.73 Å². The van der Waals surface area contributed by atoms with E-state index in [9.17, 15) is 19.2 Å². The summed E-state index contributed by atoms with van der Waals surface area (Å²) < 4.78 is 5.86. The van der Waals surface area contributed by atoms with E-state index in [0.717, 1.165) is 0 Å². The van der Waals surface area contributed by atoms with Gasteiger partial charge in [-0.3, -0.25) is 14.9 Å². The lowest BCUT2D eigenvalue weighted by Gasteiger charge is -2.37. The highest BCUT2D eigenvalue weighted by molar-refractivity contribution is 6.07. The van der Waals surface area contributed by atoms with Gasteiger partial charge in [0.1, 0.15) is 17.0 Å². The van der Waals surface area contributed by atoms with Crippen molar-refractivity contribution < 1.29 is 23.9 Å². The Labute approximate surface area is 190 Å². The first-order valence-electron chi connectivity index (χ1n) is 10.6. The average molecular weight is 451 g/mol. The van der Waals surface area contributed by atoms with Crippen LogP contribution in [0.3, 0.4) is 0 Å². The lowest BCUT2D eigenvalue weighted by molar-refractivity contribution is -0.136. The highest BCUT2D eigenvalue weighted by Crippen LogP contribution is 2.29. The van der Waals surface area contributed by atoms with Crippen molar-refractivity contribution in [3.63, 3.8) is 0 Å². The quantitative estimate of drug-likeness (QED) is 0.495. The van der Waals surface area contributed by atoms with Crippen LogP contribution >= 0.6 is 0 Å². The minimum Gasteiger partial charge on any atom is -0.457 e. The molecule has 0 aromatic heterocycles. The number of nitrogens with two attached hydrogens (primary N) is 1. The van der Waals surface area contributed by atoms with E-state index in [1.54, 1.807) is 29.2 Å². The number of primary amides is 1. The summed E-state index contributed by atoms with van der Waals surface area (Å²) in [5.41, 5.74) is 5.08. The molecule has 0 saturated carbocycles. The Bertz CT molecular complexity index is 1070. The van der Waals surface area contributed by atoms with E-state index < -0.39 is 23.6 Å². The first kappa shape index (κ1) is 22.1. The molecule has 0 unspecified atom stereocenters.